The van der Waals surface area contributed by atoms with Crippen molar-refractivity contribution < 1.29 is 9.32 Å². The van der Waals surface area contributed by atoms with Crippen molar-refractivity contribution in [1.82, 2.24) is 19.9 Å². The van der Waals surface area contributed by atoms with Gasteiger partial charge in [0.25, 0.3) is 0 Å². The molecule has 1 aliphatic rings. The van der Waals surface area contributed by atoms with Crippen LogP contribution in [0, 0.1) is 6.92 Å². The Kier molecular flexibility index (Phi) is 6.28. The van der Waals surface area contributed by atoms with Crippen LogP contribution in [-0.2, 0) is 17.8 Å². The summed E-state index contributed by atoms with van der Waals surface area (Å²) in [7, 11) is 0. The van der Waals surface area contributed by atoms with Crippen LogP contribution in [0.25, 0.3) is 10.4 Å². The van der Waals surface area contributed by atoms with E-state index in [0.29, 0.717) is 24.6 Å². The van der Waals surface area contributed by atoms with E-state index < -0.39 is 0 Å². The fourth-order valence-corrected chi connectivity index (χ4v) is 4.84. The minimum absolute atomic E-state index is 0.151. The second-order valence-electron chi connectivity index (χ2n) is 7.14. The number of nitrogens with zero attached hydrogens (tertiary/aromatic N) is 4. The maximum Gasteiger partial charge on any atom is 0.227 e. The van der Waals surface area contributed by atoms with E-state index in [9.17, 15) is 4.79 Å². The molecule has 8 heteroatoms. The number of rotatable bonds is 6. The Morgan fingerprint density at radius 3 is 2.69 bits per heavy atom. The first-order valence-corrected chi connectivity index (χ1v) is 10.9. The largest absolute Gasteiger partial charge is 0.340 e. The molecule has 0 saturated carbocycles. The molecule has 1 amide bonds. The Morgan fingerprint density at radius 1 is 1.17 bits per heavy atom. The molecule has 4 rings (SSSR count). The molecule has 0 aliphatic carbocycles. The molecule has 0 atom stereocenters. The molecule has 0 radical (unpaired) electrons. The minimum atomic E-state index is 0.151. The van der Waals surface area contributed by atoms with E-state index in [4.69, 9.17) is 16.1 Å². The van der Waals surface area contributed by atoms with Crippen molar-refractivity contribution in [3.63, 3.8) is 0 Å². The van der Waals surface area contributed by atoms with Crippen LogP contribution in [0.1, 0.15) is 23.0 Å². The van der Waals surface area contributed by atoms with Gasteiger partial charge in [0, 0.05) is 65.9 Å². The van der Waals surface area contributed by atoms with Gasteiger partial charge in [-0.2, -0.15) is 4.98 Å². The molecule has 152 valence electrons. The Morgan fingerprint density at radius 2 is 1.97 bits per heavy atom. The molecule has 0 bridgehead atoms. The molecule has 1 fully saturated rings. The van der Waals surface area contributed by atoms with Gasteiger partial charge in [-0.3, -0.25) is 9.69 Å². The lowest BCUT2D eigenvalue weighted by Crippen LogP contribution is -2.48. The molecule has 2 aromatic heterocycles. The average Bonchev–Trinajstić information content (AvgIpc) is 3.36. The second-order valence-corrected chi connectivity index (χ2v) is 8.71. The van der Waals surface area contributed by atoms with E-state index in [-0.39, 0.29) is 5.91 Å². The normalized spacial score (nSPS) is 15.0. The molecular weight excluding hydrogens is 408 g/mol. The highest BCUT2D eigenvalue weighted by molar-refractivity contribution is 7.15. The van der Waals surface area contributed by atoms with E-state index >= 15 is 0 Å². The highest BCUT2D eigenvalue weighted by Crippen LogP contribution is 2.33. The van der Waals surface area contributed by atoms with Gasteiger partial charge >= 0.3 is 0 Å². The number of piperazine rings is 1. The summed E-state index contributed by atoms with van der Waals surface area (Å²) in [5.74, 6) is 1.28. The van der Waals surface area contributed by atoms with Gasteiger partial charge in [0.05, 0.1) is 0 Å². The number of hydrogen-bond acceptors (Lipinski definition) is 6. The number of thiophene rings is 1. The number of hydrogen-bond donors (Lipinski definition) is 0. The third-order valence-corrected chi connectivity index (χ3v) is 6.46. The number of amides is 1. The molecule has 3 heterocycles. The van der Waals surface area contributed by atoms with Crippen molar-refractivity contribution in [3.05, 3.63) is 58.0 Å². The van der Waals surface area contributed by atoms with Crippen molar-refractivity contribution in [2.75, 3.05) is 26.2 Å². The summed E-state index contributed by atoms with van der Waals surface area (Å²) in [6.45, 7) is 5.95. The summed E-state index contributed by atoms with van der Waals surface area (Å²) in [6.07, 6.45) is 0.910. The van der Waals surface area contributed by atoms with E-state index in [2.05, 4.69) is 33.2 Å². The smallest absolute Gasteiger partial charge is 0.227 e. The Hall–Kier alpha value is -2.22. The predicted molar refractivity (Wildman–Crippen MR) is 114 cm³/mol. The molecule has 29 heavy (non-hydrogen) atoms. The summed E-state index contributed by atoms with van der Waals surface area (Å²) in [4.78, 5) is 23.4. The molecule has 0 spiro atoms. The number of aromatic nitrogens is 2. The first kappa shape index (κ1) is 20.1. The van der Waals surface area contributed by atoms with Gasteiger partial charge < -0.3 is 9.42 Å². The van der Waals surface area contributed by atoms with Crippen LogP contribution in [0.5, 0.6) is 0 Å². The summed E-state index contributed by atoms with van der Waals surface area (Å²) < 4.78 is 5.08. The van der Waals surface area contributed by atoms with Crippen LogP contribution >= 0.6 is 22.9 Å². The maximum absolute atomic E-state index is 12.4. The lowest BCUT2D eigenvalue weighted by atomic mass is 10.2. The molecular formula is C21H23ClN4O2S. The Labute approximate surface area is 179 Å². The standard InChI is InChI=1S/C21H23ClN4O2S/c1-15-23-20(28-24-15)8-9-21(27)26-12-10-25(11-13-26)14-16-6-7-19(29-16)17-4-2-3-5-18(17)22/h2-7H,8-14H2,1H3. The topological polar surface area (TPSA) is 62.5 Å². The van der Waals surface area contributed by atoms with Crippen molar-refractivity contribution in [2.24, 2.45) is 0 Å². The summed E-state index contributed by atoms with van der Waals surface area (Å²) in [6, 6.07) is 12.2. The summed E-state index contributed by atoms with van der Waals surface area (Å²) >= 11 is 8.10. The van der Waals surface area contributed by atoms with Gasteiger partial charge in [-0.1, -0.05) is 35.0 Å². The minimum Gasteiger partial charge on any atom is -0.340 e. The molecule has 0 unspecified atom stereocenters. The van der Waals surface area contributed by atoms with Crippen LogP contribution in [0.2, 0.25) is 5.02 Å². The summed E-state index contributed by atoms with van der Waals surface area (Å²) in [5.41, 5.74) is 1.08. The van der Waals surface area contributed by atoms with Gasteiger partial charge in [-0.15, -0.1) is 11.3 Å². The van der Waals surface area contributed by atoms with Crippen molar-refractivity contribution >= 4 is 28.8 Å². The SMILES string of the molecule is Cc1noc(CCC(=O)N2CCN(Cc3ccc(-c4ccccc4Cl)s3)CC2)n1. The lowest BCUT2D eigenvalue weighted by molar-refractivity contribution is -0.133. The van der Waals surface area contributed by atoms with E-state index in [1.165, 1.54) is 9.75 Å². The number of halogens is 1. The van der Waals surface area contributed by atoms with Crippen LogP contribution in [0.15, 0.2) is 40.9 Å². The van der Waals surface area contributed by atoms with Crippen LogP contribution in [0.4, 0.5) is 0 Å². The predicted octanol–water partition coefficient (Wildman–Crippen LogP) is 4.04. The third kappa shape index (κ3) is 5.04. The van der Waals surface area contributed by atoms with Gasteiger partial charge in [-0.05, 0) is 25.1 Å². The molecule has 1 saturated heterocycles. The molecule has 0 N–H and O–H groups in total. The second kappa shape index (κ2) is 9.07. The quantitative estimate of drug-likeness (QED) is 0.590. The number of carbonyl (C=O) groups excluding carboxylic acids is 1. The highest BCUT2D eigenvalue weighted by atomic mass is 35.5. The molecule has 1 aromatic carbocycles. The zero-order valence-corrected chi connectivity index (χ0v) is 17.9. The first-order valence-electron chi connectivity index (χ1n) is 9.71. The number of benzene rings is 1. The van der Waals surface area contributed by atoms with Crippen LogP contribution < -0.4 is 0 Å². The number of carbonyl (C=O) groups is 1. The van der Waals surface area contributed by atoms with Gasteiger partial charge in [0.2, 0.25) is 11.8 Å². The van der Waals surface area contributed by atoms with Crippen molar-refractivity contribution in [1.29, 1.82) is 0 Å². The van der Waals surface area contributed by atoms with Gasteiger partial charge in [0.1, 0.15) is 0 Å². The Balaban J connectivity index is 1.26. The first-order chi connectivity index (χ1) is 14.1. The molecule has 6 nitrogen and oxygen atoms in total. The highest BCUT2D eigenvalue weighted by Gasteiger charge is 2.22. The monoisotopic (exact) mass is 430 g/mol. The Bertz CT molecular complexity index is 978. The third-order valence-electron chi connectivity index (χ3n) is 5.03. The zero-order chi connectivity index (χ0) is 20.2. The van der Waals surface area contributed by atoms with Gasteiger partial charge in [-0.25, -0.2) is 0 Å². The molecule has 3 aromatic rings. The van der Waals surface area contributed by atoms with Crippen molar-refractivity contribution in [3.8, 4) is 10.4 Å². The van der Waals surface area contributed by atoms with E-state index in [0.717, 1.165) is 43.3 Å². The van der Waals surface area contributed by atoms with E-state index in [1.54, 1.807) is 18.3 Å². The van der Waals surface area contributed by atoms with E-state index in [1.807, 2.05) is 23.1 Å². The fraction of sp³-hybridized carbons (Fsp3) is 0.381. The number of aryl methyl sites for hydroxylation is 2. The maximum atomic E-state index is 12.4. The van der Waals surface area contributed by atoms with Crippen LogP contribution in [0.3, 0.4) is 0 Å². The molecule has 1 aliphatic heterocycles. The van der Waals surface area contributed by atoms with Crippen LogP contribution in [-0.4, -0.2) is 52.0 Å². The average molecular weight is 431 g/mol. The lowest BCUT2D eigenvalue weighted by Gasteiger charge is -2.34. The summed E-state index contributed by atoms with van der Waals surface area (Å²) in [5, 5.41) is 4.54. The van der Waals surface area contributed by atoms with Crippen molar-refractivity contribution in [2.45, 2.75) is 26.3 Å². The zero-order valence-electron chi connectivity index (χ0n) is 16.3. The fourth-order valence-electron chi connectivity index (χ4n) is 3.46. The van der Waals surface area contributed by atoms with Gasteiger partial charge in [0.15, 0.2) is 5.82 Å².